The van der Waals surface area contributed by atoms with E-state index in [1.165, 1.54) is 0 Å². The van der Waals surface area contributed by atoms with Crippen molar-refractivity contribution < 1.29 is 4.74 Å². The number of methoxy groups -OCH3 is 1. The van der Waals surface area contributed by atoms with Crippen molar-refractivity contribution in [1.82, 2.24) is 9.55 Å². The van der Waals surface area contributed by atoms with Crippen molar-refractivity contribution in [1.29, 1.82) is 0 Å². The molecule has 0 spiro atoms. The molecule has 0 radical (unpaired) electrons. The van der Waals surface area contributed by atoms with Crippen LogP contribution in [0.1, 0.15) is 18.7 Å². The van der Waals surface area contributed by atoms with E-state index in [4.69, 9.17) is 10.5 Å². The Kier molecular flexibility index (Phi) is 3.25. The van der Waals surface area contributed by atoms with Crippen molar-refractivity contribution in [2.45, 2.75) is 19.6 Å². The van der Waals surface area contributed by atoms with Crippen LogP contribution in [0.5, 0.6) is 0 Å². The minimum atomic E-state index is -0.0348. The number of aryl methyl sites for hydroxylation is 1. The van der Waals surface area contributed by atoms with Crippen LogP contribution < -0.4 is 5.73 Å². The number of hydrogen-bond acceptors (Lipinski definition) is 3. The minimum Gasteiger partial charge on any atom is -0.374 e. The normalized spacial score (nSPS) is 13.2. The average Bonchev–Trinajstić information content (AvgIpc) is 2.55. The number of nitrogens with zero attached hydrogens (tertiary/aromatic N) is 2. The first kappa shape index (κ1) is 9.22. The van der Waals surface area contributed by atoms with Gasteiger partial charge in [0.2, 0.25) is 0 Å². The summed E-state index contributed by atoms with van der Waals surface area (Å²) in [7, 11) is 1.66. The van der Waals surface area contributed by atoms with Gasteiger partial charge in [0.15, 0.2) is 0 Å². The van der Waals surface area contributed by atoms with E-state index < -0.39 is 0 Å². The van der Waals surface area contributed by atoms with Crippen LogP contribution in [0.2, 0.25) is 0 Å². The van der Waals surface area contributed by atoms with Gasteiger partial charge in [-0.25, -0.2) is 4.98 Å². The first-order valence-electron chi connectivity index (χ1n) is 4.06. The molecule has 0 aliphatic heterocycles. The smallest absolute Gasteiger partial charge is 0.111 e. The fourth-order valence-electron chi connectivity index (χ4n) is 1.20. The number of rotatable bonds is 4. The number of hydrogen-bond donors (Lipinski definition) is 1. The zero-order chi connectivity index (χ0) is 8.97. The fourth-order valence-corrected chi connectivity index (χ4v) is 1.20. The molecule has 0 aliphatic carbocycles. The molecule has 0 saturated carbocycles. The number of aromatic nitrogens is 2. The second kappa shape index (κ2) is 4.23. The van der Waals surface area contributed by atoms with Gasteiger partial charge < -0.3 is 15.0 Å². The van der Waals surface area contributed by atoms with E-state index in [1.54, 1.807) is 19.6 Å². The molecule has 0 fully saturated rings. The standard InChI is InChI=1S/C8H15N3O/c1-3-11-6-10-5-7(11)8(4-9)12-2/h5-6,8H,3-4,9H2,1-2H3. The molecule has 2 N–H and O–H groups in total. The molecule has 1 atom stereocenters. The summed E-state index contributed by atoms with van der Waals surface area (Å²) < 4.78 is 7.23. The quantitative estimate of drug-likeness (QED) is 0.716. The maximum absolute atomic E-state index is 5.53. The Morgan fingerprint density at radius 2 is 2.50 bits per heavy atom. The third kappa shape index (κ3) is 1.65. The highest BCUT2D eigenvalue weighted by atomic mass is 16.5. The molecule has 0 amide bonds. The molecule has 4 nitrogen and oxygen atoms in total. The second-order valence-corrected chi connectivity index (χ2v) is 2.56. The van der Waals surface area contributed by atoms with Crippen LogP contribution >= 0.6 is 0 Å². The number of nitrogens with two attached hydrogens (primary N) is 1. The fraction of sp³-hybridized carbons (Fsp3) is 0.625. The van der Waals surface area contributed by atoms with Crippen molar-refractivity contribution in [2.24, 2.45) is 5.73 Å². The van der Waals surface area contributed by atoms with Crippen molar-refractivity contribution in [2.75, 3.05) is 13.7 Å². The number of imidazole rings is 1. The Labute approximate surface area is 72.3 Å². The monoisotopic (exact) mass is 169 g/mol. The topological polar surface area (TPSA) is 53.1 Å². The Morgan fingerprint density at radius 1 is 1.75 bits per heavy atom. The second-order valence-electron chi connectivity index (χ2n) is 2.56. The van der Waals surface area contributed by atoms with Crippen LogP contribution in [0.3, 0.4) is 0 Å². The van der Waals surface area contributed by atoms with E-state index in [-0.39, 0.29) is 6.10 Å². The maximum atomic E-state index is 5.53. The van der Waals surface area contributed by atoms with Crippen molar-refractivity contribution >= 4 is 0 Å². The molecule has 0 aliphatic rings. The summed E-state index contributed by atoms with van der Waals surface area (Å²) in [5.74, 6) is 0. The first-order chi connectivity index (χ1) is 5.83. The van der Waals surface area contributed by atoms with Crippen molar-refractivity contribution in [3.05, 3.63) is 18.2 Å². The lowest BCUT2D eigenvalue weighted by Crippen LogP contribution is -2.17. The molecular formula is C8H15N3O. The average molecular weight is 169 g/mol. The highest BCUT2D eigenvalue weighted by Crippen LogP contribution is 2.13. The van der Waals surface area contributed by atoms with Gasteiger partial charge in [-0.1, -0.05) is 0 Å². The van der Waals surface area contributed by atoms with Crippen LogP contribution in [-0.4, -0.2) is 23.2 Å². The Morgan fingerprint density at radius 3 is 3.00 bits per heavy atom. The van der Waals surface area contributed by atoms with Gasteiger partial charge in [0.05, 0.1) is 18.2 Å². The summed E-state index contributed by atoms with van der Waals surface area (Å²) in [6, 6.07) is 0. The van der Waals surface area contributed by atoms with Gasteiger partial charge in [0, 0.05) is 20.2 Å². The highest BCUT2D eigenvalue weighted by molar-refractivity contribution is 5.03. The van der Waals surface area contributed by atoms with Crippen LogP contribution in [0.4, 0.5) is 0 Å². The van der Waals surface area contributed by atoms with Crippen LogP contribution in [0.15, 0.2) is 12.5 Å². The van der Waals surface area contributed by atoms with E-state index in [1.807, 2.05) is 4.57 Å². The van der Waals surface area contributed by atoms with Crippen molar-refractivity contribution in [3.63, 3.8) is 0 Å². The van der Waals surface area contributed by atoms with E-state index in [2.05, 4.69) is 11.9 Å². The molecule has 1 aromatic rings. The van der Waals surface area contributed by atoms with Gasteiger partial charge in [-0.2, -0.15) is 0 Å². The maximum Gasteiger partial charge on any atom is 0.111 e. The van der Waals surface area contributed by atoms with Gasteiger partial charge in [-0.05, 0) is 6.92 Å². The Bertz CT molecular complexity index is 230. The van der Waals surface area contributed by atoms with Gasteiger partial charge in [-0.15, -0.1) is 0 Å². The third-order valence-electron chi connectivity index (χ3n) is 1.91. The molecule has 1 unspecified atom stereocenters. The molecule has 0 saturated heterocycles. The highest BCUT2D eigenvalue weighted by Gasteiger charge is 2.11. The molecule has 12 heavy (non-hydrogen) atoms. The number of ether oxygens (including phenoxy) is 1. The van der Waals surface area contributed by atoms with Crippen LogP contribution in [-0.2, 0) is 11.3 Å². The molecule has 1 heterocycles. The minimum absolute atomic E-state index is 0.0348. The van der Waals surface area contributed by atoms with Gasteiger partial charge >= 0.3 is 0 Å². The van der Waals surface area contributed by atoms with E-state index in [0.717, 1.165) is 12.2 Å². The summed E-state index contributed by atoms with van der Waals surface area (Å²) in [6.07, 6.45) is 3.55. The molecule has 4 heteroatoms. The SMILES string of the molecule is CCn1cncc1C(CN)OC. The molecule has 1 rings (SSSR count). The van der Waals surface area contributed by atoms with Gasteiger partial charge in [0.1, 0.15) is 6.10 Å². The molecule has 1 aromatic heterocycles. The lowest BCUT2D eigenvalue weighted by atomic mass is 10.2. The molecule has 0 aromatic carbocycles. The van der Waals surface area contributed by atoms with Gasteiger partial charge in [-0.3, -0.25) is 0 Å². The van der Waals surface area contributed by atoms with E-state index in [9.17, 15) is 0 Å². The van der Waals surface area contributed by atoms with Crippen LogP contribution in [0.25, 0.3) is 0 Å². The predicted octanol–water partition coefficient (Wildman–Crippen LogP) is 0.549. The van der Waals surface area contributed by atoms with Gasteiger partial charge in [0.25, 0.3) is 0 Å². The Balaban J connectivity index is 2.83. The predicted molar refractivity (Wildman–Crippen MR) is 46.7 cm³/mol. The molecule has 68 valence electrons. The summed E-state index contributed by atoms with van der Waals surface area (Å²) in [6.45, 7) is 3.45. The zero-order valence-corrected chi connectivity index (χ0v) is 7.53. The summed E-state index contributed by atoms with van der Waals surface area (Å²) in [4.78, 5) is 4.04. The third-order valence-corrected chi connectivity index (χ3v) is 1.91. The largest absolute Gasteiger partial charge is 0.374 e. The zero-order valence-electron chi connectivity index (χ0n) is 7.53. The lowest BCUT2D eigenvalue weighted by Gasteiger charge is -2.14. The van der Waals surface area contributed by atoms with Crippen LogP contribution in [0, 0.1) is 0 Å². The van der Waals surface area contributed by atoms with Crippen molar-refractivity contribution in [3.8, 4) is 0 Å². The molecular weight excluding hydrogens is 154 g/mol. The summed E-state index contributed by atoms with van der Waals surface area (Å²) >= 11 is 0. The summed E-state index contributed by atoms with van der Waals surface area (Å²) in [5.41, 5.74) is 6.58. The summed E-state index contributed by atoms with van der Waals surface area (Å²) in [5, 5.41) is 0. The molecule has 0 bridgehead atoms. The lowest BCUT2D eigenvalue weighted by molar-refractivity contribution is 0.104. The first-order valence-corrected chi connectivity index (χ1v) is 4.06. The Hall–Kier alpha value is -0.870. The van der Waals surface area contributed by atoms with E-state index >= 15 is 0 Å². The van der Waals surface area contributed by atoms with E-state index in [0.29, 0.717) is 6.54 Å².